The van der Waals surface area contributed by atoms with E-state index < -0.39 is 81.7 Å². The molecule has 0 fully saturated rings. The van der Waals surface area contributed by atoms with E-state index in [2.05, 4.69) is 24.8 Å². The summed E-state index contributed by atoms with van der Waals surface area (Å²) in [5.74, 6) is -18.5. The number of carboxylic acids is 1. The second-order valence-electron chi connectivity index (χ2n) is 7.63. The van der Waals surface area contributed by atoms with Crippen LogP contribution in [0.2, 0.25) is 0 Å². The molecule has 1 atom stereocenters. The number of esters is 1. The van der Waals surface area contributed by atoms with E-state index in [1.165, 1.54) is 6.92 Å². The predicted molar refractivity (Wildman–Crippen MR) is 119 cm³/mol. The summed E-state index contributed by atoms with van der Waals surface area (Å²) >= 11 is 0. The molecule has 10 nitrogen and oxygen atoms in total. The molecule has 0 saturated heterocycles. The van der Waals surface area contributed by atoms with Crippen LogP contribution in [-0.2, 0) is 15.1 Å². The van der Waals surface area contributed by atoms with Gasteiger partial charge in [-0.2, -0.15) is 8.78 Å². The molecule has 216 valence electrons. The molecule has 0 bridgehead atoms. The summed E-state index contributed by atoms with van der Waals surface area (Å²) in [6, 6.07) is -0.0370. The smallest absolute Gasteiger partial charge is 0.320 e. The second kappa shape index (κ2) is 15.1. The summed E-state index contributed by atoms with van der Waals surface area (Å²) in [5.41, 5.74) is 12.2. The van der Waals surface area contributed by atoms with Crippen molar-refractivity contribution in [3.05, 3.63) is 85.1 Å². The van der Waals surface area contributed by atoms with Crippen LogP contribution in [-0.4, -0.2) is 23.6 Å². The van der Waals surface area contributed by atoms with Crippen molar-refractivity contribution in [2.75, 3.05) is 6.54 Å². The SMILES string of the molecule is CCCC(N=[N+]=[N-])(C(=O)O)c1c(F)c(F)cc(F)c1F.[N-]=[N+]=NCCCCC(=O)Oc1c(F)c(F)cc(F)c1F. The van der Waals surface area contributed by atoms with Crippen molar-refractivity contribution in [3.8, 4) is 5.75 Å². The van der Waals surface area contributed by atoms with Crippen LogP contribution in [0.15, 0.2) is 22.4 Å². The van der Waals surface area contributed by atoms with Crippen LogP contribution in [0.1, 0.15) is 44.6 Å². The van der Waals surface area contributed by atoms with E-state index in [1.54, 1.807) is 0 Å². The first kappa shape index (κ1) is 33.5. The first-order valence-electron chi connectivity index (χ1n) is 11.0. The van der Waals surface area contributed by atoms with Gasteiger partial charge in [0.1, 0.15) is 0 Å². The van der Waals surface area contributed by atoms with Gasteiger partial charge in [-0.25, -0.2) is 26.3 Å². The fraction of sp³-hybridized carbons (Fsp3) is 0.364. The number of hydrogen-bond donors (Lipinski definition) is 1. The van der Waals surface area contributed by atoms with Crippen molar-refractivity contribution >= 4 is 11.9 Å². The van der Waals surface area contributed by atoms with Gasteiger partial charge in [0.2, 0.25) is 17.4 Å². The first-order valence-corrected chi connectivity index (χ1v) is 11.0. The van der Waals surface area contributed by atoms with E-state index in [4.69, 9.17) is 16.2 Å². The Kier molecular flexibility index (Phi) is 12.7. The number of nitrogens with zero attached hydrogens (tertiary/aromatic N) is 6. The lowest BCUT2D eigenvalue weighted by Gasteiger charge is -2.25. The van der Waals surface area contributed by atoms with Crippen molar-refractivity contribution < 1.29 is 54.6 Å². The van der Waals surface area contributed by atoms with Gasteiger partial charge in [0.25, 0.3) is 0 Å². The van der Waals surface area contributed by atoms with Gasteiger partial charge < -0.3 is 9.84 Å². The number of halogens is 8. The molecule has 0 aliphatic heterocycles. The number of carbonyl (C=O) groups is 2. The van der Waals surface area contributed by atoms with E-state index in [0.29, 0.717) is 6.42 Å². The van der Waals surface area contributed by atoms with Crippen LogP contribution >= 0.6 is 0 Å². The number of carbonyl (C=O) groups excluding carboxylic acids is 1. The second-order valence-corrected chi connectivity index (χ2v) is 7.63. The van der Waals surface area contributed by atoms with Gasteiger partial charge in [-0.15, -0.1) is 0 Å². The highest BCUT2D eigenvalue weighted by atomic mass is 19.2. The highest BCUT2D eigenvalue weighted by Gasteiger charge is 2.45. The van der Waals surface area contributed by atoms with E-state index in [-0.39, 0.29) is 37.9 Å². The Hall–Kier alpha value is -4.56. The number of aliphatic carboxylic acids is 1. The third-order valence-electron chi connectivity index (χ3n) is 4.95. The highest BCUT2D eigenvalue weighted by Crippen LogP contribution is 2.37. The predicted octanol–water partition coefficient (Wildman–Crippen LogP) is 7.26. The van der Waals surface area contributed by atoms with Crippen molar-refractivity contribution in [2.45, 2.75) is 44.6 Å². The third-order valence-corrected chi connectivity index (χ3v) is 4.95. The summed E-state index contributed by atoms with van der Waals surface area (Å²) in [6.07, 6.45) is -0.121. The molecular formula is C22H18F8N6O4. The molecule has 0 amide bonds. The number of ether oxygens (including phenoxy) is 1. The average Bonchev–Trinajstić information content (AvgIpc) is 2.89. The van der Waals surface area contributed by atoms with Crippen molar-refractivity contribution in [2.24, 2.45) is 10.2 Å². The largest absolute Gasteiger partial charge is 0.480 e. The monoisotopic (exact) mass is 582 g/mol. The van der Waals surface area contributed by atoms with Crippen LogP contribution in [0.25, 0.3) is 20.9 Å². The first-order chi connectivity index (χ1) is 18.8. The summed E-state index contributed by atoms with van der Waals surface area (Å²) in [6.45, 7) is 1.61. The molecule has 0 saturated carbocycles. The van der Waals surface area contributed by atoms with E-state index in [1.807, 2.05) is 0 Å². The van der Waals surface area contributed by atoms with Crippen LogP contribution < -0.4 is 4.74 Å². The van der Waals surface area contributed by atoms with Crippen LogP contribution in [0.5, 0.6) is 5.75 Å². The van der Waals surface area contributed by atoms with E-state index >= 15 is 0 Å². The van der Waals surface area contributed by atoms with Gasteiger partial charge in [0.05, 0.1) is 5.56 Å². The Labute approximate surface area is 219 Å². The van der Waals surface area contributed by atoms with Crippen molar-refractivity contribution in [1.82, 2.24) is 0 Å². The molecule has 2 rings (SSSR count). The molecule has 18 heteroatoms. The van der Waals surface area contributed by atoms with E-state index in [0.717, 1.165) is 0 Å². The molecule has 1 N–H and O–H groups in total. The van der Waals surface area contributed by atoms with Gasteiger partial charge in [-0.05, 0) is 30.3 Å². The fourth-order valence-electron chi connectivity index (χ4n) is 3.16. The highest BCUT2D eigenvalue weighted by molar-refractivity contribution is 5.81. The Morgan fingerprint density at radius 1 is 0.875 bits per heavy atom. The number of unbranched alkanes of at least 4 members (excludes halogenated alkanes) is 1. The quantitative estimate of drug-likeness (QED) is 0.0431. The molecular weight excluding hydrogens is 564 g/mol. The van der Waals surface area contributed by atoms with Crippen molar-refractivity contribution in [1.29, 1.82) is 0 Å². The summed E-state index contributed by atoms with van der Waals surface area (Å²) in [5, 5.41) is 15.2. The Balaban J connectivity index is 0.000000400. The average molecular weight is 582 g/mol. The summed E-state index contributed by atoms with van der Waals surface area (Å²) in [4.78, 5) is 27.3. The zero-order chi connectivity index (χ0) is 30.6. The van der Waals surface area contributed by atoms with Crippen LogP contribution in [0, 0.1) is 46.5 Å². The molecule has 0 aliphatic carbocycles. The maximum Gasteiger partial charge on any atom is 0.320 e. The number of azide groups is 2. The minimum atomic E-state index is -2.75. The number of hydrogen-bond acceptors (Lipinski definition) is 5. The lowest BCUT2D eigenvalue weighted by atomic mass is 9.85. The third kappa shape index (κ3) is 7.97. The molecule has 1 unspecified atom stereocenters. The van der Waals surface area contributed by atoms with Crippen LogP contribution in [0.3, 0.4) is 0 Å². The minimum absolute atomic E-state index is 0.0158. The Morgan fingerprint density at radius 2 is 1.38 bits per heavy atom. The molecule has 0 spiro atoms. The molecule has 2 aromatic carbocycles. The maximum absolute atomic E-state index is 13.7. The van der Waals surface area contributed by atoms with Gasteiger partial charge in [-0.3, -0.25) is 9.59 Å². The van der Waals surface area contributed by atoms with Gasteiger partial charge in [0, 0.05) is 34.9 Å². The molecule has 0 radical (unpaired) electrons. The number of benzene rings is 2. The maximum atomic E-state index is 13.7. The van der Waals surface area contributed by atoms with Gasteiger partial charge in [0.15, 0.2) is 40.4 Å². The Bertz CT molecular complexity index is 1310. The number of carboxylic acid groups (broad SMARTS) is 1. The molecule has 0 aromatic heterocycles. The summed E-state index contributed by atoms with van der Waals surface area (Å²) < 4.78 is 110. The van der Waals surface area contributed by atoms with Crippen molar-refractivity contribution in [3.63, 3.8) is 0 Å². The zero-order valence-corrected chi connectivity index (χ0v) is 20.3. The standard InChI is InChI=1S/2C11H9F4N3O2/c1-2-3-11(10(19)20,17-18-16)7-8(14)5(12)4-6(13)9(7)15;12-6-5-7(13)10(15)11(9(6)14)20-8(19)3-1-2-4-17-18-16/h4H,2-3H2,1H3,(H,19,20);5H,1-4H2. The molecule has 2 aromatic rings. The topological polar surface area (TPSA) is 161 Å². The minimum Gasteiger partial charge on any atom is -0.480 e. The normalized spacial score (nSPS) is 11.7. The number of rotatable bonds is 11. The van der Waals surface area contributed by atoms with E-state index in [9.17, 15) is 44.7 Å². The lowest BCUT2D eigenvalue weighted by molar-refractivity contribution is -0.144. The molecule has 0 heterocycles. The fourth-order valence-corrected chi connectivity index (χ4v) is 3.16. The van der Waals surface area contributed by atoms with Crippen LogP contribution in [0.4, 0.5) is 35.1 Å². The van der Waals surface area contributed by atoms with Gasteiger partial charge in [-0.1, -0.05) is 23.6 Å². The molecule has 0 aliphatic rings. The Morgan fingerprint density at radius 3 is 1.80 bits per heavy atom. The molecule has 40 heavy (non-hydrogen) atoms. The zero-order valence-electron chi connectivity index (χ0n) is 20.3. The lowest BCUT2D eigenvalue weighted by Crippen LogP contribution is -2.36. The van der Waals surface area contributed by atoms with Gasteiger partial charge >= 0.3 is 11.9 Å². The summed E-state index contributed by atoms with van der Waals surface area (Å²) in [7, 11) is 0.